The van der Waals surface area contributed by atoms with Crippen LogP contribution in [-0.4, -0.2) is 16.1 Å². The molecule has 0 N–H and O–H groups in total. The Labute approximate surface area is 119 Å². The van der Waals surface area contributed by atoms with Gasteiger partial charge in [-0.3, -0.25) is 4.79 Å². The molecule has 18 heavy (non-hydrogen) atoms. The molecule has 0 spiro atoms. The van der Waals surface area contributed by atoms with Gasteiger partial charge in [0, 0.05) is 4.47 Å². The summed E-state index contributed by atoms with van der Waals surface area (Å²) < 4.78 is 2.48. The standard InChI is InChI=1S/C13H12BrClN2O/c1-2-5-11-9(8-18)13(15)17(16-11)12-7-4-3-6-10(12)14/h3-4,6-8H,2,5H2,1H3. The molecule has 0 saturated carbocycles. The van der Waals surface area contributed by atoms with E-state index in [9.17, 15) is 4.79 Å². The maximum Gasteiger partial charge on any atom is 0.155 e. The van der Waals surface area contributed by atoms with Crippen LogP contribution in [0.3, 0.4) is 0 Å². The summed E-state index contributed by atoms with van der Waals surface area (Å²) in [5, 5.41) is 4.79. The van der Waals surface area contributed by atoms with Gasteiger partial charge in [-0.05, 0) is 34.5 Å². The Morgan fingerprint density at radius 2 is 2.17 bits per heavy atom. The minimum Gasteiger partial charge on any atom is -0.298 e. The van der Waals surface area contributed by atoms with Crippen LogP contribution in [0.25, 0.3) is 5.69 Å². The highest BCUT2D eigenvalue weighted by Gasteiger charge is 2.17. The number of aryl methyl sites for hydroxylation is 1. The number of rotatable bonds is 4. The largest absolute Gasteiger partial charge is 0.298 e. The van der Waals surface area contributed by atoms with Crippen LogP contribution in [0.4, 0.5) is 0 Å². The van der Waals surface area contributed by atoms with Gasteiger partial charge >= 0.3 is 0 Å². The quantitative estimate of drug-likeness (QED) is 0.794. The lowest BCUT2D eigenvalue weighted by Gasteiger charge is -2.05. The van der Waals surface area contributed by atoms with Crippen molar-refractivity contribution in [3.8, 4) is 5.69 Å². The van der Waals surface area contributed by atoms with Crippen LogP contribution in [0, 0.1) is 0 Å². The number of aromatic nitrogens is 2. The normalized spacial score (nSPS) is 10.6. The number of benzene rings is 1. The van der Waals surface area contributed by atoms with E-state index in [4.69, 9.17) is 11.6 Å². The molecule has 0 amide bonds. The third-order valence-electron chi connectivity index (χ3n) is 2.63. The predicted octanol–water partition coefficient (Wildman–Crippen LogP) is 4.05. The van der Waals surface area contributed by atoms with Crippen molar-refractivity contribution in [3.63, 3.8) is 0 Å². The van der Waals surface area contributed by atoms with Gasteiger partial charge in [-0.25, -0.2) is 4.68 Å². The maximum absolute atomic E-state index is 11.1. The van der Waals surface area contributed by atoms with Crippen LogP contribution in [0.1, 0.15) is 29.4 Å². The van der Waals surface area contributed by atoms with Gasteiger partial charge in [-0.1, -0.05) is 37.1 Å². The van der Waals surface area contributed by atoms with E-state index in [0.717, 1.165) is 35.0 Å². The van der Waals surface area contributed by atoms with Gasteiger partial charge < -0.3 is 0 Å². The molecule has 0 saturated heterocycles. The number of hydrogen-bond acceptors (Lipinski definition) is 2. The molecule has 1 aromatic carbocycles. The molecule has 1 heterocycles. The van der Waals surface area contributed by atoms with Crippen LogP contribution < -0.4 is 0 Å². The first-order valence-electron chi connectivity index (χ1n) is 5.66. The van der Waals surface area contributed by atoms with E-state index < -0.39 is 0 Å². The van der Waals surface area contributed by atoms with E-state index in [2.05, 4.69) is 21.0 Å². The average molecular weight is 328 g/mol. The minimum absolute atomic E-state index is 0.361. The maximum atomic E-state index is 11.1. The zero-order chi connectivity index (χ0) is 13.1. The molecule has 0 aliphatic carbocycles. The summed E-state index contributed by atoms with van der Waals surface area (Å²) in [6.07, 6.45) is 2.43. The van der Waals surface area contributed by atoms with Gasteiger partial charge in [0.25, 0.3) is 0 Å². The molecule has 0 bridgehead atoms. The minimum atomic E-state index is 0.361. The van der Waals surface area contributed by atoms with E-state index in [1.165, 1.54) is 0 Å². The second-order valence-electron chi connectivity index (χ2n) is 3.88. The molecular formula is C13H12BrClN2O. The van der Waals surface area contributed by atoms with E-state index >= 15 is 0 Å². The summed E-state index contributed by atoms with van der Waals surface area (Å²) in [7, 11) is 0. The third-order valence-corrected chi connectivity index (χ3v) is 3.66. The number of nitrogens with zero attached hydrogens (tertiary/aromatic N) is 2. The molecule has 0 radical (unpaired) electrons. The SMILES string of the molecule is CCCc1nn(-c2ccccc2Br)c(Cl)c1C=O. The second-order valence-corrected chi connectivity index (χ2v) is 5.09. The van der Waals surface area contributed by atoms with Crippen molar-refractivity contribution in [3.05, 3.63) is 45.1 Å². The van der Waals surface area contributed by atoms with E-state index in [1.807, 2.05) is 31.2 Å². The molecule has 0 unspecified atom stereocenters. The van der Waals surface area contributed by atoms with Crippen molar-refractivity contribution in [2.75, 3.05) is 0 Å². The summed E-state index contributed by atoms with van der Waals surface area (Å²) in [6, 6.07) is 7.62. The number of aldehydes is 1. The molecule has 0 aliphatic heterocycles. The molecule has 2 aromatic rings. The fraction of sp³-hybridized carbons (Fsp3) is 0.231. The number of carbonyl (C=O) groups is 1. The smallest absolute Gasteiger partial charge is 0.155 e. The van der Waals surface area contributed by atoms with Gasteiger partial charge in [-0.15, -0.1) is 0 Å². The van der Waals surface area contributed by atoms with Crippen molar-refractivity contribution in [2.45, 2.75) is 19.8 Å². The Morgan fingerprint density at radius 3 is 2.78 bits per heavy atom. The number of para-hydroxylation sites is 1. The topological polar surface area (TPSA) is 34.9 Å². The lowest BCUT2D eigenvalue weighted by molar-refractivity contribution is 0.112. The third kappa shape index (κ3) is 2.35. The summed E-state index contributed by atoms with van der Waals surface area (Å²) in [4.78, 5) is 11.1. The molecule has 0 aliphatic rings. The predicted molar refractivity (Wildman–Crippen MR) is 75.7 cm³/mol. The van der Waals surface area contributed by atoms with Crippen molar-refractivity contribution in [1.29, 1.82) is 0 Å². The Hall–Kier alpha value is -1.13. The fourth-order valence-corrected chi connectivity index (χ4v) is 2.51. The molecule has 0 atom stereocenters. The second kappa shape index (κ2) is 5.67. The molecule has 94 valence electrons. The Kier molecular flexibility index (Phi) is 4.19. The first-order valence-corrected chi connectivity index (χ1v) is 6.83. The lowest BCUT2D eigenvalue weighted by Crippen LogP contribution is -1.98. The summed E-state index contributed by atoms with van der Waals surface area (Å²) in [6.45, 7) is 2.04. The van der Waals surface area contributed by atoms with E-state index in [1.54, 1.807) is 4.68 Å². The van der Waals surface area contributed by atoms with Gasteiger partial charge in [0.05, 0.1) is 16.9 Å². The lowest BCUT2D eigenvalue weighted by atomic mass is 10.2. The van der Waals surface area contributed by atoms with E-state index in [0.29, 0.717) is 10.7 Å². The Bertz CT molecular complexity index is 580. The number of halogens is 2. The molecule has 3 nitrogen and oxygen atoms in total. The summed E-state index contributed by atoms with van der Waals surface area (Å²) in [5.41, 5.74) is 2.05. The number of hydrogen-bond donors (Lipinski definition) is 0. The first kappa shape index (κ1) is 13.3. The molecule has 1 aromatic heterocycles. The van der Waals surface area contributed by atoms with Crippen molar-refractivity contribution >= 4 is 33.8 Å². The zero-order valence-electron chi connectivity index (χ0n) is 9.86. The highest BCUT2D eigenvalue weighted by atomic mass is 79.9. The molecular weight excluding hydrogens is 316 g/mol. The Balaban J connectivity index is 2.59. The summed E-state index contributed by atoms with van der Waals surface area (Å²) in [5.74, 6) is 0. The van der Waals surface area contributed by atoms with Crippen LogP contribution in [0.15, 0.2) is 28.7 Å². The summed E-state index contributed by atoms with van der Waals surface area (Å²) >= 11 is 9.67. The Morgan fingerprint density at radius 1 is 1.44 bits per heavy atom. The van der Waals surface area contributed by atoms with Crippen LogP contribution in [-0.2, 0) is 6.42 Å². The van der Waals surface area contributed by atoms with Crippen LogP contribution >= 0.6 is 27.5 Å². The van der Waals surface area contributed by atoms with Crippen LogP contribution in [0.2, 0.25) is 5.15 Å². The van der Waals surface area contributed by atoms with Crippen molar-refractivity contribution in [1.82, 2.24) is 9.78 Å². The average Bonchev–Trinajstić information content (AvgIpc) is 2.67. The monoisotopic (exact) mass is 326 g/mol. The van der Waals surface area contributed by atoms with E-state index in [-0.39, 0.29) is 0 Å². The molecule has 2 rings (SSSR count). The fourth-order valence-electron chi connectivity index (χ4n) is 1.77. The molecule has 5 heteroatoms. The van der Waals surface area contributed by atoms with Gasteiger partial charge in [0.15, 0.2) is 6.29 Å². The van der Waals surface area contributed by atoms with Gasteiger partial charge in [-0.2, -0.15) is 5.10 Å². The first-order chi connectivity index (χ1) is 8.69. The van der Waals surface area contributed by atoms with Gasteiger partial charge in [0.2, 0.25) is 0 Å². The number of carbonyl (C=O) groups excluding carboxylic acids is 1. The van der Waals surface area contributed by atoms with Crippen molar-refractivity contribution < 1.29 is 4.79 Å². The molecule has 0 fully saturated rings. The highest BCUT2D eigenvalue weighted by Crippen LogP contribution is 2.27. The zero-order valence-corrected chi connectivity index (χ0v) is 12.2. The van der Waals surface area contributed by atoms with Crippen molar-refractivity contribution in [2.24, 2.45) is 0 Å². The highest BCUT2D eigenvalue weighted by molar-refractivity contribution is 9.10. The van der Waals surface area contributed by atoms with Crippen LogP contribution in [0.5, 0.6) is 0 Å². The van der Waals surface area contributed by atoms with Gasteiger partial charge in [0.1, 0.15) is 5.15 Å².